The lowest BCUT2D eigenvalue weighted by Gasteiger charge is -2.19. The van der Waals surface area contributed by atoms with Crippen LogP contribution in [-0.4, -0.2) is 23.1 Å². The third kappa shape index (κ3) is 6.25. The zero-order chi connectivity index (χ0) is 15.7. The summed E-state index contributed by atoms with van der Waals surface area (Å²) in [6.45, 7) is 3.63. The standard InChI is InChI=1S/C17H22O4/c1-3-4-10-15(17(19)20)13(2)21-16(18)12-11-14-8-6-5-7-9-14/h5-9,11-13,15H,3-4,10H2,1-2H3,(H,19,20). The van der Waals surface area contributed by atoms with Gasteiger partial charge in [0.2, 0.25) is 0 Å². The molecule has 1 rings (SSSR count). The van der Waals surface area contributed by atoms with E-state index in [0.717, 1.165) is 18.4 Å². The molecule has 0 radical (unpaired) electrons. The Balaban J connectivity index is 2.55. The number of unbranched alkanes of at least 4 members (excludes halogenated alkanes) is 1. The van der Waals surface area contributed by atoms with E-state index in [4.69, 9.17) is 4.74 Å². The second-order valence-electron chi connectivity index (χ2n) is 4.97. The molecule has 4 heteroatoms. The summed E-state index contributed by atoms with van der Waals surface area (Å²) in [5.41, 5.74) is 0.892. The molecule has 1 aromatic rings. The molecule has 0 aliphatic carbocycles. The lowest BCUT2D eigenvalue weighted by atomic mass is 9.97. The van der Waals surface area contributed by atoms with Crippen LogP contribution in [0.25, 0.3) is 6.08 Å². The molecule has 1 aromatic carbocycles. The van der Waals surface area contributed by atoms with Gasteiger partial charge in [0.15, 0.2) is 0 Å². The summed E-state index contributed by atoms with van der Waals surface area (Å²) in [6, 6.07) is 9.38. The summed E-state index contributed by atoms with van der Waals surface area (Å²) >= 11 is 0. The zero-order valence-corrected chi connectivity index (χ0v) is 12.5. The van der Waals surface area contributed by atoms with E-state index < -0.39 is 24.0 Å². The monoisotopic (exact) mass is 290 g/mol. The Labute approximate surface area is 125 Å². The predicted octanol–water partition coefficient (Wildman–Crippen LogP) is 3.52. The normalized spacial score (nSPS) is 13.8. The molecule has 0 spiro atoms. The average molecular weight is 290 g/mol. The highest BCUT2D eigenvalue weighted by atomic mass is 16.5. The molecule has 2 atom stereocenters. The first-order valence-electron chi connectivity index (χ1n) is 7.21. The average Bonchev–Trinajstić information content (AvgIpc) is 2.46. The van der Waals surface area contributed by atoms with Gasteiger partial charge in [0.25, 0.3) is 0 Å². The zero-order valence-electron chi connectivity index (χ0n) is 12.5. The quantitative estimate of drug-likeness (QED) is 0.587. The van der Waals surface area contributed by atoms with Crippen molar-refractivity contribution in [3.63, 3.8) is 0 Å². The second-order valence-corrected chi connectivity index (χ2v) is 4.97. The first-order chi connectivity index (χ1) is 10.0. The second kappa shape index (κ2) is 8.95. The maximum Gasteiger partial charge on any atom is 0.331 e. The van der Waals surface area contributed by atoms with Gasteiger partial charge in [-0.25, -0.2) is 4.79 Å². The summed E-state index contributed by atoms with van der Waals surface area (Å²) in [6.07, 6.45) is 4.57. The SMILES string of the molecule is CCCCC(C(=O)O)C(C)OC(=O)C=Cc1ccccc1. The van der Waals surface area contributed by atoms with Crippen molar-refractivity contribution < 1.29 is 19.4 Å². The minimum atomic E-state index is -0.921. The molecule has 0 fully saturated rings. The van der Waals surface area contributed by atoms with Crippen LogP contribution in [0.15, 0.2) is 36.4 Å². The highest BCUT2D eigenvalue weighted by Gasteiger charge is 2.26. The molecular weight excluding hydrogens is 268 g/mol. The molecular formula is C17H22O4. The summed E-state index contributed by atoms with van der Waals surface area (Å²) in [5.74, 6) is -2.09. The van der Waals surface area contributed by atoms with Gasteiger partial charge in [0, 0.05) is 6.08 Å². The van der Waals surface area contributed by atoms with Crippen molar-refractivity contribution in [1.29, 1.82) is 0 Å². The van der Waals surface area contributed by atoms with Crippen LogP contribution in [0, 0.1) is 5.92 Å². The Morgan fingerprint density at radius 1 is 1.29 bits per heavy atom. The van der Waals surface area contributed by atoms with Crippen molar-refractivity contribution in [2.75, 3.05) is 0 Å². The Bertz CT molecular complexity index is 479. The Kier molecular flexibility index (Phi) is 7.23. The Morgan fingerprint density at radius 2 is 1.95 bits per heavy atom. The lowest BCUT2D eigenvalue weighted by Crippen LogP contribution is -2.29. The predicted molar refractivity (Wildman–Crippen MR) is 81.7 cm³/mol. The molecule has 0 heterocycles. The number of ether oxygens (including phenoxy) is 1. The Morgan fingerprint density at radius 3 is 2.52 bits per heavy atom. The molecule has 0 bridgehead atoms. The van der Waals surface area contributed by atoms with Crippen molar-refractivity contribution >= 4 is 18.0 Å². The molecule has 0 aromatic heterocycles. The summed E-state index contributed by atoms with van der Waals surface area (Å²) in [5, 5.41) is 9.18. The summed E-state index contributed by atoms with van der Waals surface area (Å²) in [4.78, 5) is 22.9. The van der Waals surface area contributed by atoms with E-state index in [1.54, 1.807) is 13.0 Å². The smallest absolute Gasteiger partial charge is 0.331 e. The third-order valence-electron chi connectivity index (χ3n) is 3.27. The number of rotatable bonds is 8. The summed E-state index contributed by atoms with van der Waals surface area (Å²) in [7, 11) is 0. The maximum absolute atomic E-state index is 11.7. The van der Waals surface area contributed by atoms with Gasteiger partial charge in [-0.3, -0.25) is 4.79 Å². The van der Waals surface area contributed by atoms with E-state index in [1.165, 1.54) is 6.08 Å². The van der Waals surface area contributed by atoms with E-state index in [1.807, 2.05) is 37.3 Å². The number of benzene rings is 1. The Hall–Kier alpha value is -2.10. The third-order valence-corrected chi connectivity index (χ3v) is 3.27. The lowest BCUT2D eigenvalue weighted by molar-refractivity contribution is -0.154. The highest BCUT2D eigenvalue weighted by Crippen LogP contribution is 2.16. The number of esters is 1. The van der Waals surface area contributed by atoms with E-state index >= 15 is 0 Å². The van der Waals surface area contributed by atoms with Crippen LogP contribution in [0.1, 0.15) is 38.7 Å². The molecule has 114 valence electrons. The van der Waals surface area contributed by atoms with E-state index in [2.05, 4.69) is 0 Å². The minimum Gasteiger partial charge on any atom is -0.481 e. The molecule has 2 unspecified atom stereocenters. The largest absolute Gasteiger partial charge is 0.481 e. The van der Waals surface area contributed by atoms with Crippen molar-refractivity contribution in [1.82, 2.24) is 0 Å². The van der Waals surface area contributed by atoms with Gasteiger partial charge >= 0.3 is 11.9 Å². The molecule has 4 nitrogen and oxygen atoms in total. The van der Waals surface area contributed by atoms with Crippen LogP contribution in [0.2, 0.25) is 0 Å². The molecule has 0 aliphatic heterocycles. The van der Waals surface area contributed by atoms with Gasteiger partial charge in [-0.2, -0.15) is 0 Å². The van der Waals surface area contributed by atoms with Crippen LogP contribution >= 0.6 is 0 Å². The van der Waals surface area contributed by atoms with Crippen molar-refractivity contribution in [3.05, 3.63) is 42.0 Å². The van der Waals surface area contributed by atoms with Gasteiger partial charge in [-0.1, -0.05) is 50.1 Å². The number of hydrogen-bond acceptors (Lipinski definition) is 3. The van der Waals surface area contributed by atoms with Gasteiger partial charge in [-0.05, 0) is 25.0 Å². The van der Waals surface area contributed by atoms with Gasteiger partial charge in [-0.15, -0.1) is 0 Å². The topological polar surface area (TPSA) is 63.6 Å². The highest BCUT2D eigenvalue weighted by molar-refractivity contribution is 5.87. The van der Waals surface area contributed by atoms with Crippen molar-refractivity contribution in [2.24, 2.45) is 5.92 Å². The minimum absolute atomic E-state index is 0.517. The molecule has 0 amide bonds. The summed E-state index contributed by atoms with van der Waals surface area (Å²) < 4.78 is 5.19. The first-order valence-corrected chi connectivity index (χ1v) is 7.21. The molecule has 0 aliphatic rings. The van der Waals surface area contributed by atoms with E-state index in [-0.39, 0.29) is 0 Å². The fraction of sp³-hybridized carbons (Fsp3) is 0.412. The van der Waals surface area contributed by atoms with Crippen LogP contribution in [0.4, 0.5) is 0 Å². The van der Waals surface area contributed by atoms with Gasteiger partial charge in [0.1, 0.15) is 6.10 Å². The van der Waals surface area contributed by atoms with Crippen LogP contribution in [-0.2, 0) is 14.3 Å². The number of hydrogen-bond donors (Lipinski definition) is 1. The molecule has 21 heavy (non-hydrogen) atoms. The first kappa shape index (κ1) is 17.0. The van der Waals surface area contributed by atoms with E-state index in [0.29, 0.717) is 6.42 Å². The van der Waals surface area contributed by atoms with Gasteiger partial charge < -0.3 is 9.84 Å². The number of carboxylic acid groups (broad SMARTS) is 1. The fourth-order valence-electron chi connectivity index (χ4n) is 2.02. The van der Waals surface area contributed by atoms with Crippen molar-refractivity contribution in [2.45, 2.75) is 39.2 Å². The number of carboxylic acids is 1. The molecule has 1 N–H and O–H groups in total. The van der Waals surface area contributed by atoms with Crippen LogP contribution < -0.4 is 0 Å². The molecule has 0 saturated heterocycles. The molecule has 0 saturated carbocycles. The van der Waals surface area contributed by atoms with Crippen LogP contribution in [0.3, 0.4) is 0 Å². The van der Waals surface area contributed by atoms with Gasteiger partial charge in [0.05, 0.1) is 5.92 Å². The number of carbonyl (C=O) groups is 2. The van der Waals surface area contributed by atoms with E-state index in [9.17, 15) is 14.7 Å². The fourth-order valence-corrected chi connectivity index (χ4v) is 2.02. The van der Waals surface area contributed by atoms with Crippen molar-refractivity contribution in [3.8, 4) is 0 Å². The maximum atomic E-state index is 11.7. The van der Waals surface area contributed by atoms with Crippen LogP contribution in [0.5, 0.6) is 0 Å². The number of aliphatic carboxylic acids is 1. The number of carbonyl (C=O) groups excluding carboxylic acids is 1.